The van der Waals surface area contributed by atoms with Crippen molar-refractivity contribution < 1.29 is 13.6 Å². The molecule has 0 N–H and O–H groups in total. The van der Waals surface area contributed by atoms with Crippen LogP contribution >= 0.6 is 0 Å². The van der Waals surface area contributed by atoms with Gasteiger partial charge in [0.1, 0.15) is 11.5 Å². The van der Waals surface area contributed by atoms with Crippen LogP contribution < -0.4 is 0 Å². The van der Waals surface area contributed by atoms with Gasteiger partial charge in [-0.25, -0.2) is 9.37 Å². The standard InChI is InChI=1S/C23H19FN4O2/c24-18-10-7-16(8-11-18)21-26-27-22(30-21)17-5-3-13-28(14-17)23(29)20-12-9-15-4-1-2-6-19(15)25-20/h1-2,4,6-12,17H,3,5,13-14H2. The normalized spacial score (nSPS) is 16.7. The highest BCUT2D eigenvalue weighted by atomic mass is 19.1. The second kappa shape index (κ2) is 7.67. The molecule has 0 aliphatic carbocycles. The number of carbonyl (C=O) groups is 1. The van der Waals surface area contributed by atoms with Gasteiger partial charge in [-0.1, -0.05) is 24.3 Å². The van der Waals surface area contributed by atoms with Crippen molar-refractivity contribution in [1.82, 2.24) is 20.1 Å². The first kappa shape index (κ1) is 18.4. The number of para-hydroxylation sites is 1. The van der Waals surface area contributed by atoms with E-state index in [0.29, 0.717) is 36.1 Å². The van der Waals surface area contributed by atoms with E-state index >= 15 is 0 Å². The van der Waals surface area contributed by atoms with Crippen LogP contribution in [0.4, 0.5) is 4.39 Å². The van der Waals surface area contributed by atoms with Gasteiger partial charge >= 0.3 is 0 Å². The smallest absolute Gasteiger partial charge is 0.272 e. The Morgan fingerprint density at radius 2 is 1.87 bits per heavy atom. The molecule has 1 amide bonds. The van der Waals surface area contributed by atoms with Gasteiger partial charge in [-0.05, 0) is 49.2 Å². The van der Waals surface area contributed by atoms with E-state index in [1.165, 1.54) is 12.1 Å². The number of amides is 1. The summed E-state index contributed by atoms with van der Waals surface area (Å²) in [7, 11) is 0. The van der Waals surface area contributed by atoms with Crippen LogP contribution in [0.1, 0.15) is 35.1 Å². The van der Waals surface area contributed by atoms with Crippen LogP contribution in [0.5, 0.6) is 0 Å². The highest BCUT2D eigenvalue weighted by Gasteiger charge is 2.29. The fourth-order valence-electron chi connectivity index (χ4n) is 3.82. The minimum atomic E-state index is -0.317. The molecule has 4 aromatic rings. The predicted molar refractivity (Wildman–Crippen MR) is 109 cm³/mol. The van der Waals surface area contributed by atoms with E-state index in [2.05, 4.69) is 15.2 Å². The molecule has 1 aliphatic rings. The van der Waals surface area contributed by atoms with E-state index < -0.39 is 0 Å². The van der Waals surface area contributed by atoms with Crippen LogP contribution in [-0.4, -0.2) is 39.1 Å². The minimum absolute atomic E-state index is 0.0372. The van der Waals surface area contributed by atoms with Crippen LogP contribution in [0.15, 0.2) is 65.1 Å². The third-order valence-electron chi connectivity index (χ3n) is 5.41. The summed E-state index contributed by atoms with van der Waals surface area (Å²) in [5.74, 6) is 0.402. The molecule has 0 bridgehead atoms. The zero-order valence-electron chi connectivity index (χ0n) is 16.2. The van der Waals surface area contributed by atoms with Crippen LogP contribution in [-0.2, 0) is 0 Å². The first-order chi connectivity index (χ1) is 14.7. The first-order valence-electron chi connectivity index (χ1n) is 9.92. The molecule has 6 nitrogen and oxygen atoms in total. The molecule has 0 spiro atoms. The summed E-state index contributed by atoms with van der Waals surface area (Å²) in [5.41, 5.74) is 1.91. The topological polar surface area (TPSA) is 72.1 Å². The van der Waals surface area contributed by atoms with Gasteiger partial charge in [0.15, 0.2) is 0 Å². The summed E-state index contributed by atoms with van der Waals surface area (Å²) in [5, 5.41) is 9.29. The highest BCUT2D eigenvalue weighted by Crippen LogP contribution is 2.29. The van der Waals surface area contributed by atoms with E-state index in [1.54, 1.807) is 23.1 Å². The Kier molecular flexibility index (Phi) is 4.71. The maximum atomic E-state index is 13.1. The molecule has 0 saturated carbocycles. The summed E-state index contributed by atoms with van der Waals surface area (Å²) < 4.78 is 19.0. The van der Waals surface area contributed by atoms with Crippen LogP contribution in [0.2, 0.25) is 0 Å². The lowest BCUT2D eigenvalue weighted by Crippen LogP contribution is -2.39. The van der Waals surface area contributed by atoms with Crippen LogP contribution in [0.25, 0.3) is 22.4 Å². The molecule has 1 fully saturated rings. The predicted octanol–water partition coefficient (Wildman–Crippen LogP) is 4.44. The second-order valence-electron chi connectivity index (χ2n) is 7.43. The van der Waals surface area contributed by atoms with Gasteiger partial charge < -0.3 is 9.32 Å². The van der Waals surface area contributed by atoms with Gasteiger partial charge in [0.25, 0.3) is 5.91 Å². The number of aromatic nitrogens is 3. The molecule has 2 aromatic carbocycles. The van der Waals surface area contributed by atoms with Gasteiger partial charge in [0.05, 0.1) is 11.4 Å². The molecule has 1 aliphatic heterocycles. The van der Waals surface area contributed by atoms with Crippen molar-refractivity contribution in [3.63, 3.8) is 0 Å². The molecule has 1 saturated heterocycles. The Bertz CT molecular complexity index is 1210. The number of rotatable bonds is 3. The fraction of sp³-hybridized carbons (Fsp3) is 0.217. The van der Waals surface area contributed by atoms with Crippen molar-refractivity contribution in [3.8, 4) is 11.5 Å². The molecule has 150 valence electrons. The fourth-order valence-corrected chi connectivity index (χ4v) is 3.82. The molecule has 0 radical (unpaired) electrons. The number of pyridine rings is 1. The van der Waals surface area contributed by atoms with Crippen LogP contribution in [0.3, 0.4) is 0 Å². The minimum Gasteiger partial charge on any atom is -0.420 e. The number of likely N-dealkylation sites (tertiary alicyclic amines) is 1. The maximum Gasteiger partial charge on any atom is 0.272 e. The van der Waals surface area contributed by atoms with Gasteiger partial charge in [0.2, 0.25) is 11.8 Å². The number of halogens is 1. The largest absolute Gasteiger partial charge is 0.420 e. The quantitative estimate of drug-likeness (QED) is 0.506. The lowest BCUT2D eigenvalue weighted by molar-refractivity contribution is 0.0693. The number of nitrogens with zero attached hydrogens (tertiary/aromatic N) is 4. The summed E-state index contributed by atoms with van der Waals surface area (Å²) in [6.07, 6.45) is 1.71. The molecule has 3 heterocycles. The Balaban J connectivity index is 1.34. The monoisotopic (exact) mass is 402 g/mol. The van der Waals surface area contributed by atoms with Crippen LogP contribution in [0, 0.1) is 5.82 Å². The zero-order chi connectivity index (χ0) is 20.5. The highest BCUT2D eigenvalue weighted by molar-refractivity contribution is 5.95. The van der Waals surface area contributed by atoms with Gasteiger partial charge in [-0.3, -0.25) is 4.79 Å². The van der Waals surface area contributed by atoms with E-state index in [9.17, 15) is 9.18 Å². The van der Waals surface area contributed by atoms with Crippen molar-refractivity contribution in [3.05, 3.63) is 78.1 Å². The van der Waals surface area contributed by atoms with E-state index in [-0.39, 0.29) is 17.6 Å². The lowest BCUT2D eigenvalue weighted by Gasteiger charge is -2.30. The average molecular weight is 402 g/mol. The van der Waals surface area contributed by atoms with Crippen molar-refractivity contribution in [2.24, 2.45) is 0 Å². The Morgan fingerprint density at radius 1 is 1.03 bits per heavy atom. The van der Waals surface area contributed by atoms with Gasteiger partial charge in [0, 0.05) is 24.0 Å². The Labute approximate surface area is 172 Å². The Morgan fingerprint density at radius 3 is 2.73 bits per heavy atom. The molecule has 7 heteroatoms. The zero-order valence-corrected chi connectivity index (χ0v) is 16.2. The van der Waals surface area contributed by atoms with E-state index in [4.69, 9.17) is 4.42 Å². The summed E-state index contributed by atoms with van der Waals surface area (Å²) >= 11 is 0. The Hall–Kier alpha value is -3.61. The molecule has 5 rings (SSSR count). The summed E-state index contributed by atoms with van der Waals surface area (Å²) in [4.78, 5) is 19.4. The number of piperidine rings is 1. The number of hydrogen-bond donors (Lipinski definition) is 0. The average Bonchev–Trinajstić information content (AvgIpc) is 3.29. The van der Waals surface area contributed by atoms with Crippen molar-refractivity contribution in [1.29, 1.82) is 0 Å². The summed E-state index contributed by atoms with van der Waals surface area (Å²) in [6.45, 7) is 1.17. The third kappa shape index (κ3) is 3.54. The first-order valence-corrected chi connectivity index (χ1v) is 9.92. The van der Waals surface area contributed by atoms with Crippen molar-refractivity contribution >= 4 is 16.8 Å². The van der Waals surface area contributed by atoms with Crippen molar-refractivity contribution in [2.45, 2.75) is 18.8 Å². The van der Waals surface area contributed by atoms with Gasteiger partial charge in [-0.15, -0.1) is 10.2 Å². The summed E-state index contributed by atoms with van der Waals surface area (Å²) in [6, 6.07) is 17.4. The number of fused-ring (bicyclic) bond motifs is 1. The third-order valence-corrected chi connectivity index (χ3v) is 5.41. The second-order valence-corrected chi connectivity index (χ2v) is 7.43. The lowest BCUT2D eigenvalue weighted by atomic mass is 9.97. The molecular formula is C23H19FN4O2. The molecule has 30 heavy (non-hydrogen) atoms. The van der Waals surface area contributed by atoms with Crippen molar-refractivity contribution in [2.75, 3.05) is 13.1 Å². The van der Waals surface area contributed by atoms with E-state index in [1.807, 2.05) is 30.3 Å². The molecule has 1 unspecified atom stereocenters. The number of hydrogen-bond acceptors (Lipinski definition) is 5. The maximum absolute atomic E-state index is 13.1. The molecular weight excluding hydrogens is 383 g/mol. The van der Waals surface area contributed by atoms with Gasteiger partial charge in [-0.2, -0.15) is 0 Å². The molecule has 1 atom stereocenters. The molecule has 2 aromatic heterocycles. The number of carbonyl (C=O) groups excluding carboxylic acids is 1. The SMILES string of the molecule is O=C(c1ccc2ccccc2n1)N1CCCC(c2nnc(-c3ccc(F)cc3)o2)C1. The van der Waals surface area contributed by atoms with E-state index in [0.717, 1.165) is 23.7 Å². The number of benzene rings is 2.